The average Bonchev–Trinajstić information content (AvgIpc) is 2.96. The first kappa shape index (κ1) is 20.8. The van der Waals surface area contributed by atoms with Crippen molar-refractivity contribution in [3.63, 3.8) is 0 Å². The van der Waals surface area contributed by atoms with Crippen LogP contribution < -0.4 is 0 Å². The van der Waals surface area contributed by atoms with Gasteiger partial charge in [0.15, 0.2) is 11.9 Å². The molecule has 5 aliphatic rings. The molecule has 4 saturated heterocycles. The molecule has 1 aromatic carbocycles. The monoisotopic (exact) mass is 420 g/mol. The maximum Gasteiger partial charge on any atom is 0.201 e. The van der Waals surface area contributed by atoms with E-state index < -0.39 is 17.7 Å². The Morgan fingerprint density at radius 2 is 1.87 bits per heavy atom. The highest BCUT2D eigenvalue weighted by atomic mass is 19.1. The third-order valence-corrected chi connectivity index (χ3v) is 8.02. The van der Waals surface area contributed by atoms with E-state index in [9.17, 15) is 4.39 Å². The van der Waals surface area contributed by atoms with Crippen LogP contribution in [0.5, 0.6) is 0 Å². The van der Waals surface area contributed by atoms with Gasteiger partial charge in [-0.3, -0.25) is 0 Å². The molecule has 4 heterocycles. The van der Waals surface area contributed by atoms with Gasteiger partial charge in [-0.25, -0.2) is 14.2 Å². The minimum Gasteiger partial charge on any atom is -0.377 e. The van der Waals surface area contributed by atoms with Crippen molar-refractivity contribution in [1.29, 1.82) is 0 Å². The van der Waals surface area contributed by atoms with Crippen molar-refractivity contribution in [1.82, 2.24) is 0 Å². The summed E-state index contributed by atoms with van der Waals surface area (Å²) in [5, 5.41) is 0. The van der Waals surface area contributed by atoms with Gasteiger partial charge in [-0.05, 0) is 68.1 Å². The van der Waals surface area contributed by atoms with Gasteiger partial charge in [0.1, 0.15) is 5.82 Å². The predicted octanol–water partition coefficient (Wildman–Crippen LogP) is 4.98. The maximum atomic E-state index is 13.1. The van der Waals surface area contributed by atoms with Gasteiger partial charge in [-0.2, -0.15) is 0 Å². The van der Waals surface area contributed by atoms with Gasteiger partial charge in [0.25, 0.3) is 0 Å². The third-order valence-electron chi connectivity index (χ3n) is 8.02. The van der Waals surface area contributed by atoms with E-state index in [0.717, 1.165) is 31.2 Å². The summed E-state index contributed by atoms with van der Waals surface area (Å²) in [7, 11) is 0. The Labute approximate surface area is 178 Å². The fourth-order valence-electron chi connectivity index (χ4n) is 6.28. The summed E-state index contributed by atoms with van der Waals surface area (Å²) in [6, 6.07) is 6.45. The number of hydrogen-bond donors (Lipinski definition) is 0. The van der Waals surface area contributed by atoms with Crippen molar-refractivity contribution in [2.24, 2.45) is 23.7 Å². The van der Waals surface area contributed by atoms with Crippen molar-refractivity contribution in [2.45, 2.75) is 83.3 Å². The van der Waals surface area contributed by atoms with Crippen LogP contribution in [-0.4, -0.2) is 30.4 Å². The van der Waals surface area contributed by atoms with Crippen LogP contribution in [0, 0.1) is 29.5 Å². The largest absolute Gasteiger partial charge is 0.377 e. The molecular formula is C24H33FO5. The molecular weight excluding hydrogens is 387 g/mol. The molecule has 0 amide bonds. The minimum absolute atomic E-state index is 0.0550. The van der Waals surface area contributed by atoms with Gasteiger partial charge in [0.05, 0.1) is 12.7 Å². The van der Waals surface area contributed by atoms with Gasteiger partial charge in [0.2, 0.25) is 5.79 Å². The highest BCUT2D eigenvalue weighted by Gasteiger charge is 2.69. The molecule has 0 radical (unpaired) electrons. The number of rotatable bonds is 5. The Morgan fingerprint density at radius 3 is 2.67 bits per heavy atom. The topological polar surface area (TPSA) is 46.2 Å². The summed E-state index contributed by atoms with van der Waals surface area (Å²) in [5.41, 5.74) is 0.471. The van der Waals surface area contributed by atoms with E-state index in [2.05, 4.69) is 13.8 Å². The van der Waals surface area contributed by atoms with Crippen molar-refractivity contribution in [3.8, 4) is 0 Å². The summed E-state index contributed by atoms with van der Waals surface area (Å²) in [4.78, 5) is 12.1. The molecule has 1 spiro atoms. The summed E-state index contributed by atoms with van der Waals surface area (Å²) in [5.74, 6) is 0.686. The number of benzene rings is 1. The standard InChI is InChI=1S/C24H33FO5/c1-15-4-9-20-16(2)21(11-13-26-14-17-5-7-18(25)8-6-17)27-22-24(20)19(15)10-12-23(3,28-22)29-30-24/h5-8,15-16,19-22H,4,9-14H2,1-3H3/t15-,16-,19+,20+,21-,22-,23+,24-/m1/s1. The maximum absolute atomic E-state index is 13.1. The molecule has 0 unspecified atom stereocenters. The van der Waals surface area contributed by atoms with Gasteiger partial charge in [0, 0.05) is 18.9 Å². The van der Waals surface area contributed by atoms with Crippen LogP contribution in [0.15, 0.2) is 24.3 Å². The highest BCUT2D eigenvalue weighted by Crippen LogP contribution is 2.60. The summed E-state index contributed by atoms with van der Waals surface area (Å²) < 4.78 is 31.9. The van der Waals surface area contributed by atoms with E-state index >= 15 is 0 Å². The van der Waals surface area contributed by atoms with Crippen LogP contribution in [-0.2, 0) is 30.6 Å². The lowest BCUT2D eigenvalue weighted by Crippen LogP contribution is -2.70. The van der Waals surface area contributed by atoms with E-state index in [4.69, 9.17) is 24.0 Å². The van der Waals surface area contributed by atoms with Crippen molar-refractivity contribution >= 4 is 0 Å². The second-order valence-electron chi connectivity index (χ2n) is 9.91. The second-order valence-corrected chi connectivity index (χ2v) is 9.91. The Bertz CT molecular complexity index is 756. The van der Waals surface area contributed by atoms with Crippen molar-refractivity contribution in [2.75, 3.05) is 6.61 Å². The molecule has 1 aromatic rings. The van der Waals surface area contributed by atoms with E-state index in [1.54, 1.807) is 12.1 Å². The fraction of sp³-hybridized carbons (Fsp3) is 0.750. The number of fused-ring (bicyclic) bond motifs is 2. The van der Waals surface area contributed by atoms with Crippen molar-refractivity contribution < 1.29 is 28.4 Å². The zero-order valence-electron chi connectivity index (χ0n) is 18.1. The van der Waals surface area contributed by atoms with Crippen LogP contribution in [0.4, 0.5) is 4.39 Å². The minimum atomic E-state index is -0.734. The SMILES string of the molecule is C[C@H]1[C@@H](CCOCc2ccc(F)cc2)O[C@@H]2O[C@]3(C)CC[C@H]4[C@H](C)CC[C@@H]1[C@@]24OO3. The first-order valence-electron chi connectivity index (χ1n) is 11.4. The molecule has 5 nitrogen and oxygen atoms in total. The van der Waals surface area contributed by atoms with Gasteiger partial charge in [-0.15, -0.1) is 0 Å². The van der Waals surface area contributed by atoms with Crippen LogP contribution in [0.1, 0.15) is 58.4 Å². The molecule has 5 fully saturated rings. The van der Waals surface area contributed by atoms with E-state index in [0.29, 0.717) is 36.9 Å². The first-order chi connectivity index (χ1) is 14.4. The Hall–Kier alpha value is -1.05. The van der Waals surface area contributed by atoms with Crippen LogP contribution in [0.3, 0.4) is 0 Å². The van der Waals surface area contributed by atoms with Crippen molar-refractivity contribution in [3.05, 3.63) is 35.6 Å². The summed E-state index contributed by atoms with van der Waals surface area (Å²) >= 11 is 0. The van der Waals surface area contributed by atoms with Crippen LogP contribution in [0.25, 0.3) is 0 Å². The summed E-state index contributed by atoms with van der Waals surface area (Å²) in [6.45, 7) is 7.63. The van der Waals surface area contributed by atoms with Gasteiger partial charge >= 0.3 is 0 Å². The van der Waals surface area contributed by atoms with Gasteiger partial charge < -0.3 is 14.2 Å². The lowest BCUT2D eigenvalue weighted by atomic mass is 9.57. The zero-order valence-corrected chi connectivity index (χ0v) is 18.1. The Balaban J connectivity index is 1.27. The smallest absolute Gasteiger partial charge is 0.201 e. The zero-order chi connectivity index (χ0) is 20.9. The lowest BCUT2D eigenvalue weighted by Gasteiger charge is -2.60. The molecule has 1 saturated carbocycles. The van der Waals surface area contributed by atoms with E-state index in [1.165, 1.54) is 18.6 Å². The molecule has 6 heteroatoms. The molecule has 6 rings (SSSR count). The average molecular weight is 421 g/mol. The number of ether oxygens (including phenoxy) is 3. The molecule has 8 atom stereocenters. The predicted molar refractivity (Wildman–Crippen MR) is 108 cm³/mol. The highest BCUT2D eigenvalue weighted by molar-refractivity contribution is 5.15. The quantitative estimate of drug-likeness (QED) is 0.496. The number of halogens is 1. The Morgan fingerprint density at radius 1 is 1.07 bits per heavy atom. The van der Waals surface area contributed by atoms with E-state index in [-0.39, 0.29) is 11.9 Å². The molecule has 166 valence electrons. The second kappa shape index (κ2) is 7.82. The summed E-state index contributed by atoms with van der Waals surface area (Å²) in [6.07, 6.45) is 4.65. The fourth-order valence-corrected chi connectivity index (χ4v) is 6.28. The normalized spacial score (nSPS) is 45.1. The molecule has 0 N–H and O–H groups in total. The Kier molecular flexibility index (Phi) is 5.43. The molecule has 2 bridgehead atoms. The third kappa shape index (κ3) is 3.41. The molecule has 0 aromatic heterocycles. The van der Waals surface area contributed by atoms with Gasteiger partial charge in [-0.1, -0.05) is 26.0 Å². The lowest BCUT2D eigenvalue weighted by molar-refractivity contribution is -0.571. The van der Waals surface area contributed by atoms with Crippen LogP contribution >= 0.6 is 0 Å². The van der Waals surface area contributed by atoms with E-state index in [1.807, 2.05) is 6.92 Å². The first-order valence-corrected chi connectivity index (χ1v) is 11.4. The molecule has 4 aliphatic heterocycles. The molecule has 1 aliphatic carbocycles. The van der Waals surface area contributed by atoms with Crippen LogP contribution in [0.2, 0.25) is 0 Å². The number of hydrogen-bond acceptors (Lipinski definition) is 5. The molecule has 30 heavy (non-hydrogen) atoms.